The molecule has 4 rings (SSSR count). The number of hydrogen-bond acceptors (Lipinski definition) is 3. The molecule has 0 aliphatic heterocycles. The van der Waals surface area contributed by atoms with Gasteiger partial charge in [-0.05, 0) is 29.8 Å². The number of para-hydroxylation sites is 2. The number of amides is 1. The van der Waals surface area contributed by atoms with Crippen LogP contribution in [0.2, 0.25) is 0 Å². The van der Waals surface area contributed by atoms with Crippen molar-refractivity contribution in [2.75, 3.05) is 0 Å². The zero-order valence-corrected chi connectivity index (χ0v) is 14.6. The van der Waals surface area contributed by atoms with Crippen molar-refractivity contribution in [1.29, 1.82) is 0 Å². The topological polar surface area (TPSA) is 60.3 Å². The van der Waals surface area contributed by atoms with Crippen molar-refractivity contribution in [1.82, 2.24) is 10.0 Å². The molecular formula is C22H18N2O3. The van der Waals surface area contributed by atoms with E-state index in [2.05, 4.69) is 5.48 Å². The Morgan fingerprint density at radius 2 is 1.37 bits per heavy atom. The van der Waals surface area contributed by atoms with Gasteiger partial charge in [-0.15, -0.1) is 0 Å². The van der Waals surface area contributed by atoms with Crippen LogP contribution in [-0.4, -0.2) is 10.5 Å². The number of rotatable bonds is 5. The molecule has 4 aromatic rings. The second-order valence-corrected chi connectivity index (χ2v) is 6.25. The average molecular weight is 358 g/mol. The maximum atomic E-state index is 12.7. The van der Waals surface area contributed by atoms with Crippen LogP contribution in [0.4, 0.5) is 0 Å². The summed E-state index contributed by atoms with van der Waals surface area (Å²) in [7, 11) is 0. The van der Waals surface area contributed by atoms with Gasteiger partial charge in [0.1, 0.15) is 6.54 Å². The molecule has 0 spiro atoms. The van der Waals surface area contributed by atoms with Crippen LogP contribution in [0, 0.1) is 0 Å². The first kappa shape index (κ1) is 17.0. The number of benzene rings is 3. The summed E-state index contributed by atoms with van der Waals surface area (Å²) in [5.41, 5.74) is 4.87. The molecule has 1 amide bonds. The number of pyridine rings is 1. The maximum Gasteiger partial charge on any atom is 0.263 e. The van der Waals surface area contributed by atoms with Crippen molar-refractivity contribution < 1.29 is 9.63 Å². The zero-order chi connectivity index (χ0) is 18.6. The smallest absolute Gasteiger partial charge is 0.263 e. The number of nitrogens with one attached hydrogen (secondary N) is 1. The zero-order valence-electron chi connectivity index (χ0n) is 14.6. The van der Waals surface area contributed by atoms with Crippen LogP contribution >= 0.6 is 0 Å². The number of hydrogen-bond donors (Lipinski definition) is 1. The molecule has 1 N–H and O–H groups in total. The third kappa shape index (κ3) is 3.45. The van der Waals surface area contributed by atoms with E-state index in [1.54, 1.807) is 12.1 Å². The van der Waals surface area contributed by atoms with E-state index in [1.165, 1.54) is 0 Å². The van der Waals surface area contributed by atoms with E-state index in [0.29, 0.717) is 10.8 Å². The van der Waals surface area contributed by atoms with E-state index in [-0.39, 0.29) is 24.5 Å². The van der Waals surface area contributed by atoms with Gasteiger partial charge < -0.3 is 4.57 Å². The van der Waals surface area contributed by atoms with Crippen molar-refractivity contribution in [3.8, 4) is 0 Å². The van der Waals surface area contributed by atoms with Gasteiger partial charge in [0.25, 0.3) is 5.91 Å². The first-order valence-electron chi connectivity index (χ1n) is 8.69. The molecule has 3 aromatic carbocycles. The van der Waals surface area contributed by atoms with Crippen LogP contribution in [0.1, 0.15) is 5.56 Å². The van der Waals surface area contributed by atoms with Crippen LogP contribution < -0.4 is 10.9 Å². The predicted molar refractivity (Wildman–Crippen MR) is 105 cm³/mol. The first-order valence-corrected chi connectivity index (χ1v) is 8.69. The van der Waals surface area contributed by atoms with Gasteiger partial charge in [0, 0.05) is 10.8 Å². The quantitative estimate of drug-likeness (QED) is 0.439. The molecule has 0 bridgehead atoms. The Labute approximate surface area is 155 Å². The lowest BCUT2D eigenvalue weighted by Gasteiger charge is -2.15. The minimum Gasteiger partial charge on any atom is -0.331 e. The maximum absolute atomic E-state index is 12.7. The fraction of sp³-hybridized carbons (Fsp3) is 0.0909. The summed E-state index contributed by atoms with van der Waals surface area (Å²) in [6, 6.07) is 24.2. The highest BCUT2D eigenvalue weighted by Gasteiger charge is 2.12. The van der Waals surface area contributed by atoms with Gasteiger partial charge in [-0.3, -0.25) is 14.4 Å². The molecular weight excluding hydrogens is 340 g/mol. The fourth-order valence-corrected chi connectivity index (χ4v) is 3.20. The Balaban J connectivity index is 1.61. The highest BCUT2D eigenvalue weighted by atomic mass is 16.6. The molecule has 0 saturated carbocycles. The lowest BCUT2D eigenvalue weighted by Crippen LogP contribution is -2.28. The summed E-state index contributed by atoms with van der Waals surface area (Å²) in [6.07, 6.45) is 0. The molecule has 0 saturated heterocycles. The Morgan fingerprint density at radius 1 is 0.815 bits per heavy atom. The van der Waals surface area contributed by atoms with Crippen LogP contribution in [-0.2, 0) is 22.8 Å². The summed E-state index contributed by atoms with van der Waals surface area (Å²) in [6.45, 7) is 0.342. The number of aromatic nitrogens is 1. The van der Waals surface area contributed by atoms with Gasteiger partial charge in [-0.25, -0.2) is 5.48 Å². The van der Waals surface area contributed by atoms with Crippen molar-refractivity contribution in [2.24, 2.45) is 0 Å². The summed E-state index contributed by atoms with van der Waals surface area (Å²) in [5.74, 6) is -0.287. The minimum atomic E-state index is -0.287. The normalized spacial score (nSPS) is 11.0. The Bertz CT molecular complexity index is 1110. The Kier molecular flexibility index (Phi) is 4.68. The number of fused-ring (bicyclic) bond motifs is 2. The average Bonchev–Trinajstić information content (AvgIpc) is 2.72. The number of carbonyl (C=O) groups excluding carboxylic acids is 1. The molecule has 5 heteroatoms. The van der Waals surface area contributed by atoms with Crippen molar-refractivity contribution in [3.63, 3.8) is 0 Å². The number of nitrogens with zero attached hydrogens (tertiary/aromatic N) is 1. The van der Waals surface area contributed by atoms with Crippen LogP contribution in [0.15, 0.2) is 83.7 Å². The highest BCUT2D eigenvalue weighted by Crippen LogP contribution is 2.18. The minimum absolute atomic E-state index is 0.0295. The summed E-state index contributed by atoms with van der Waals surface area (Å²) in [5, 5.41) is 1.18. The van der Waals surface area contributed by atoms with Crippen LogP contribution in [0.3, 0.4) is 0 Å². The standard InChI is InChI=1S/C22H18N2O3/c25-21(23-27-15-16-8-2-1-3-9-16)14-24-19-12-6-4-10-17(19)22(26)18-11-5-7-13-20(18)24/h1-13H,14-15H2,(H,23,25). The molecule has 0 radical (unpaired) electrons. The molecule has 0 unspecified atom stereocenters. The molecule has 1 aromatic heterocycles. The van der Waals surface area contributed by atoms with E-state index in [9.17, 15) is 9.59 Å². The van der Waals surface area contributed by atoms with Gasteiger partial charge >= 0.3 is 0 Å². The SMILES string of the molecule is O=C(Cn1c2ccccc2c(=O)c2ccccc21)NOCc1ccccc1. The third-order valence-corrected chi connectivity index (χ3v) is 4.45. The van der Waals surface area contributed by atoms with E-state index in [1.807, 2.05) is 71.3 Å². The molecule has 0 atom stereocenters. The third-order valence-electron chi connectivity index (χ3n) is 4.45. The fourth-order valence-electron chi connectivity index (χ4n) is 3.20. The lowest BCUT2D eigenvalue weighted by atomic mass is 10.1. The highest BCUT2D eigenvalue weighted by molar-refractivity contribution is 5.94. The van der Waals surface area contributed by atoms with Crippen molar-refractivity contribution >= 4 is 27.7 Å². The van der Waals surface area contributed by atoms with Gasteiger partial charge in [-0.2, -0.15) is 0 Å². The summed E-state index contributed by atoms with van der Waals surface area (Å²) >= 11 is 0. The second-order valence-electron chi connectivity index (χ2n) is 6.25. The molecule has 0 aliphatic carbocycles. The van der Waals surface area contributed by atoms with Gasteiger partial charge in [0.05, 0.1) is 17.6 Å². The van der Waals surface area contributed by atoms with Gasteiger partial charge in [-0.1, -0.05) is 54.6 Å². The van der Waals surface area contributed by atoms with Crippen LogP contribution in [0.25, 0.3) is 21.8 Å². The van der Waals surface area contributed by atoms with E-state index >= 15 is 0 Å². The monoisotopic (exact) mass is 358 g/mol. The van der Waals surface area contributed by atoms with E-state index < -0.39 is 0 Å². The predicted octanol–water partition coefficient (Wildman–Crippen LogP) is 3.40. The van der Waals surface area contributed by atoms with E-state index in [4.69, 9.17) is 4.84 Å². The summed E-state index contributed by atoms with van der Waals surface area (Å²) < 4.78 is 1.84. The summed E-state index contributed by atoms with van der Waals surface area (Å²) in [4.78, 5) is 30.5. The van der Waals surface area contributed by atoms with Crippen molar-refractivity contribution in [3.05, 3.63) is 94.6 Å². The molecule has 0 fully saturated rings. The molecule has 134 valence electrons. The Hall–Kier alpha value is -3.44. The number of hydroxylamine groups is 1. The largest absolute Gasteiger partial charge is 0.331 e. The molecule has 5 nitrogen and oxygen atoms in total. The lowest BCUT2D eigenvalue weighted by molar-refractivity contribution is -0.135. The first-order chi connectivity index (χ1) is 13.2. The second kappa shape index (κ2) is 7.43. The van der Waals surface area contributed by atoms with Crippen molar-refractivity contribution in [2.45, 2.75) is 13.2 Å². The van der Waals surface area contributed by atoms with Gasteiger partial charge in [0.2, 0.25) is 0 Å². The number of carbonyl (C=O) groups is 1. The molecule has 0 aliphatic rings. The van der Waals surface area contributed by atoms with Gasteiger partial charge in [0.15, 0.2) is 5.43 Å². The van der Waals surface area contributed by atoms with E-state index in [0.717, 1.165) is 16.6 Å². The molecule has 27 heavy (non-hydrogen) atoms. The Morgan fingerprint density at radius 3 is 2.00 bits per heavy atom. The van der Waals surface area contributed by atoms with Crippen LogP contribution in [0.5, 0.6) is 0 Å². The molecule has 1 heterocycles.